The van der Waals surface area contributed by atoms with E-state index < -0.39 is 20.0 Å². The van der Waals surface area contributed by atoms with Crippen LogP contribution in [0.3, 0.4) is 0 Å². The normalized spacial score (nSPS) is 11.2. The Kier molecular flexibility index (Phi) is 16.5. The molecule has 0 amide bonds. The first-order valence-electron chi connectivity index (χ1n) is 17.6. The fraction of sp³-hybridized carbons (Fsp3) is 0.200. The number of fused-ring (bicyclic) bond motifs is 2. The summed E-state index contributed by atoms with van der Waals surface area (Å²) < 4.78 is 67.3. The highest BCUT2D eigenvalue weighted by Crippen LogP contribution is 2.40. The zero-order valence-corrected chi connectivity index (χ0v) is 39.8. The Morgan fingerprint density at radius 1 is 0.733 bits per heavy atom. The Morgan fingerprint density at radius 2 is 1.15 bits per heavy atom. The fourth-order valence-electron chi connectivity index (χ4n) is 5.51. The van der Waals surface area contributed by atoms with Crippen LogP contribution in [0.25, 0.3) is 33.3 Å². The zero-order chi connectivity index (χ0) is 44.7. The van der Waals surface area contributed by atoms with Gasteiger partial charge in [0.2, 0.25) is 20.0 Å². The van der Waals surface area contributed by atoms with Crippen molar-refractivity contribution < 1.29 is 54.5 Å². The third-order valence-electron chi connectivity index (χ3n) is 8.86. The summed E-state index contributed by atoms with van der Waals surface area (Å²) in [4.78, 5) is 45.7. The Hall–Kier alpha value is -4.35. The number of rotatable bonds is 13. The monoisotopic (exact) mass is 1100 g/mol. The van der Waals surface area contributed by atoms with Crippen LogP contribution in [0, 0.1) is 3.77 Å². The number of anilines is 2. The van der Waals surface area contributed by atoms with Gasteiger partial charge in [-0.25, -0.2) is 16.8 Å². The third-order valence-corrected chi connectivity index (χ3v) is 13.3. The van der Waals surface area contributed by atoms with Crippen LogP contribution in [-0.4, -0.2) is 80.3 Å². The van der Waals surface area contributed by atoms with E-state index in [1.165, 1.54) is 14.1 Å². The van der Waals surface area contributed by atoms with Gasteiger partial charge in [-0.15, -0.1) is 0 Å². The minimum Gasteiger partial charge on any atom is -0.537 e. The van der Waals surface area contributed by atoms with Crippen molar-refractivity contribution >= 4 is 140 Å². The fourth-order valence-corrected chi connectivity index (χ4v) is 8.81. The molecule has 0 aliphatic carbocycles. The van der Waals surface area contributed by atoms with Crippen molar-refractivity contribution in [3.05, 3.63) is 108 Å². The molecule has 0 bridgehead atoms. The van der Waals surface area contributed by atoms with E-state index >= 15 is 0 Å². The maximum Gasteiger partial charge on any atom is 0.569 e. The molecule has 6 aromatic rings. The molecule has 1 radical (unpaired) electrons. The minimum absolute atomic E-state index is 0.00531. The molecule has 6 rings (SSSR count). The first-order chi connectivity index (χ1) is 28.2. The van der Waals surface area contributed by atoms with Crippen LogP contribution in [-0.2, 0) is 20.0 Å². The molecule has 0 unspecified atom stereocenters. The maximum absolute atomic E-state index is 12.7. The number of aldehydes is 2. The summed E-state index contributed by atoms with van der Waals surface area (Å²) in [5.41, 5.74) is 4.50. The SMILES string of the molecule is CCC(=O)c1c(-c2ccc(C=O)cc2)oc2cc(N(C)S(C)(=O)=O)c(Br)cc12.CCC(=O)c1c(I)oc2cc(N(C)S(C)(=O)=O)c(Br)cc12.O=Cc1ccc(O[B]O)cc1. The van der Waals surface area contributed by atoms with Crippen LogP contribution >= 0.6 is 54.5 Å². The topological polar surface area (TPSA) is 199 Å². The molecule has 0 aliphatic rings. The van der Waals surface area contributed by atoms with Gasteiger partial charge in [-0.2, -0.15) is 0 Å². The molecule has 60 heavy (non-hydrogen) atoms. The number of carbonyl (C=O) groups is 4. The van der Waals surface area contributed by atoms with Gasteiger partial charge in [0.15, 0.2) is 15.3 Å². The van der Waals surface area contributed by atoms with E-state index in [0.717, 1.165) is 33.7 Å². The van der Waals surface area contributed by atoms with Crippen molar-refractivity contribution in [2.75, 3.05) is 35.2 Å². The van der Waals surface area contributed by atoms with Gasteiger partial charge in [0.05, 0.1) is 35.0 Å². The van der Waals surface area contributed by atoms with Gasteiger partial charge in [-0.1, -0.05) is 38.1 Å². The second-order valence-electron chi connectivity index (χ2n) is 12.8. The standard InChI is InChI=1S/C20H18BrNO5S.C13H13BrINO4S.C7H6BO3/c1-4-17(24)19-14-9-15(21)16(22(2)28(3,25)26)10-18(14)27-20(19)13-7-5-12(11-23)6-8-13;1-4-10(17)12-7-5-8(14)9(16(2)21(3,18)19)6-11(7)20-13(12)15;9-5-6-1-3-7(4-2-6)11-8-10/h5-11H,4H2,1-3H3;5-6H,4H2,1-3H3;1-5,10H. The second kappa shape index (κ2) is 20.5. The van der Waals surface area contributed by atoms with Crippen molar-refractivity contribution in [2.24, 2.45) is 0 Å². The minimum atomic E-state index is -3.47. The largest absolute Gasteiger partial charge is 0.569 e. The van der Waals surface area contributed by atoms with E-state index in [2.05, 4.69) is 36.5 Å². The van der Waals surface area contributed by atoms with E-state index in [1.807, 2.05) is 22.6 Å². The first kappa shape index (κ1) is 48.3. The molecule has 0 aliphatic heterocycles. The second-order valence-corrected chi connectivity index (χ2v) is 19.5. The number of carbonyl (C=O) groups excluding carboxylic acids is 4. The number of halogens is 3. The van der Waals surface area contributed by atoms with E-state index in [1.54, 1.807) is 86.6 Å². The van der Waals surface area contributed by atoms with Crippen LogP contribution in [0.5, 0.6) is 5.75 Å². The number of hydrogen-bond donors (Lipinski definition) is 1. The van der Waals surface area contributed by atoms with E-state index in [0.29, 0.717) is 99.5 Å². The highest BCUT2D eigenvalue weighted by atomic mass is 127. The van der Waals surface area contributed by atoms with Gasteiger partial charge in [0, 0.05) is 98.1 Å². The molecule has 4 aromatic carbocycles. The van der Waals surface area contributed by atoms with Crippen molar-refractivity contribution in [2.45, 2.75) is 26.7 Å². The molecule has 20 heteroatoms. The molecule has 0 fully saturated rings. The summed E-state index contributed by atoms with van der Waals surface area (Å²) in [6.07, 6.45) is 4.39. The number of ketones is 2. The van der Waals surface area contributed by atoms with E-state index in [9.17, 15) is 36.0 Å². The Balaban J connectivity index is 0.000000217. The molecule has 2 aromatic heterocycles. The van der Waals surface area contributed by atoms with Gasteiger partial charge in [-0.05, 0) is 68.3 Å². The van der Waals surface area contributed by atoms with Crippen LogP contribution < -0.4 is 13.3 Å². The first-order valence-corrected chi connectivity index (χ1v) is 23.9. The van der Waals surface area contributed by atoms with Gasteiger partial charge in [0.1, 0.15) is 35.2 Å². The highest BCUT2D eigenvalue weighted by molar-refractivity contribution is 14.1. The quantitative estimate of drug-likeness (QED) is 0.0500. The summed E-state index contributed by atoms with van der Waals surface area (Å²) in [6.45, 7) is 3.55. The molecule has 2 heterocycles. The molecule has 0 saturated heterocycles. The smallest absolute Gasteiger partial charge is 0.537 e. The number of Topliss-reactive ketones (excluding diaryl/α,β-unsaturated/α-hetero) is 2. The maximum atomic E-state index is 12.7. The molecule has 315 valence electrons. The average Bonchev–Trinajstić information content (AvgIpc) is 3.75. The molecule has 14 nitrogen and oxygen atoms in total. The lowest BCUT2D eigenvalue weighted by Gasteiger charge is -2.18. The zero-order valence-electron chi connectivity index (χ0n) is 32.9. The molecule has 0 atom stereocenters. The van der Waals surface area contributed by atoms with Gasteiger partial charge in [0.25, 0.3) is 0 Å². The lowest BCUT2D eigenvalue weighted by atomic mass is 10.00. The lowest BCUT2D eigenvalue weighted by Crippen LogP contribution is -2.25. The van der Waals surface area contributed by atoms with Gasteiger partial charge in [-0.3, -0.25) is 27.8 Å². The summed E-state index contributed by atoms with van der Waals surface area (Å²) in [5, 5.41) is 9.51. The Morgan fingerprint density at radius 3 is 1.57 bits per heavy atom. The third kappa shape index (κ3) is 11.3. The molecular weight excluding hydrogens is 1060 g/mol. The predicted molar refractivity (Wildman–Crippen MR) is 248 cm³/mol. The molecule has 1 N–H and O–H groups in total. The number of benzene rings is 4. The number of hydrogen-bond acceptors (Lipinski definition) is 12. The van der Waals surface area contributed by atoms with Crippen LogP contribution in [0.15, 0.2) is 90.6 Å². The predicted octanol–water partition coefficient (Wildman–Crippen LogP) is 8.86. The van der Waals surface area contributed by atoms with Crippen molar-refractivity contribution in [1.29, 1.82) is 0 Å². The summed E-state index contributed by atoms with van der Waals surface area (Å²) in [7, 11) is -3.34. The van der Waals surface area contributed by atoms with E-state index in [4.69, 9.17) is 13.9 Å². The molecule has 0 spiro atoms. The summed E-state index contributed by atoms with van der Waals surface area (Å²) in [6, 6.07) is 19.8. The Bertz CT molecular complexity index is 2790. The highest BCUT2D eigenvalue weighted by Gasteiger charge is 2.25. The molecule has 0 saturated carbocycles. The van der Waals surface area contributed by atoms with Crippen LogP contribution in [0.1, 0.15) is 68.1 Å². The van der Waals surface area contributed by atoms with Crippen molar-refractivity contribution in [3.63, 3.8) is 0 Å². The van der Waals surface area contributed by atoms with Gasteiger partial charge >= 0.3 is 7.69 Å². The van der Waals surface area contributed by atoms with Crippen molar-refractivity contribution in [1.82, 2.24) is 0 Å². The van der Waals surface area contributed by atoms with Crippen LogP contribution in [0.4, 0.5) is 11.4 Å². The van der Waals surface area contributed by atoms with E-state index in [-0.39, 0.29) is 18.0 Å². The average molecular weight is 1100 g/mol. The van der Waals surface area contributed by atoms with Gasteiger partial charge < -0.3 is 18.5 Å². The Labute approximate surface area is 378 Å². The van der Waals surface area contributed by atoms with Crippen molar-refractivity contribution in [3.8, 4) is 17.1 Å². The summed E-state index contributed by atoms with van der Waals surface area (Å²) >= 11 is 8.74. The number of nitrogens with zero attached hydrogens (tertiary/aromatic N) is 2. The lowest BCUT2D eigenvalue weighted by molar-refractivity contribution is 0.0980. The number of sulfonamides is 2. The number of furan rings is 2. The molecular formula is C40H37BBr2IN2O12S2. The van der Waals surface area contributed by atoms with Crippen LogP contribution in [0.2, 0.25) is 0 Å². The summed E-state index contributed by atoms with van der Waals surface area (Å²) in [5.74, 6) is 0.794.